The van der Waals surface area contributed by atoms with Gasteiger partial charge in [-0.05, 0) is 12.1 Å². The zero-order valence-electron chi connectivity index (χ0n) is 11.6. The van der Waals surface area contributed by atoms with Gasteiger partial charge in [0.1, 0.15) is 0 Å². The lowest BCUT2D eigenvalue weighted by molar-refractivity contribution is 0.0692. The van der Waals surface area contributed by atoms with Crippen molar-refractivity contribution < 1.29 is 24.2 Å². The van der Waals surface area contributed by atoms with Crippen LogP contribution in [0.15, 0.2) is 42.5 Å². The van der Waals surface area contributed by atoms with E-state index in [1.807, 2.05) is 0 Å². The van der Waals surface area contributed by atoms with Crippen molar-refractivity contribution >= 4 is 11.8 Å². The second-order valence-corrected chi connectivity index (χ2v) is 4.25. The Kier molecular flexibility index (Phi) is 4.23. The number of ether oxygens (including phenoxy) is 2. The molecule has 0 saturated heterocycles. The summed E-state index contributed by atoms with van der Waals surface area (Å²) in [6.45, 7) is 0. The number of carbonyl (C=O) groups is 2. The van der Waals surface area contributed by atoms with E-state index in [1.54, 1.807) is 30.3 Å². The molecule has 0 aliphatic rings. The first-order valence-corrected chi connectivity index (χ1v) is 6.17. The highest BCUT2D eigenvalue weighted by molar-refractivity contribution is 6.14. The number of rotatable bonds is 5. The summed E-state index contributed by atoms with van der Waals surface area (Å²) in [5, 5.41) is 9.30. The second-order valence-electron chi connectivity index (χ2n) is 4.25. The number of carboxylic acids is 1. The fraction of sp³-hybridized carbons (Fsp3) is 0.125. The van der Waals surface area contributed by atoms with Crippen molar-refractivity contribution in [2.24, 2.45) is 0 Å². The zero-order valence-corrected chi connectivity index (χ0v) is 11.6. The maximum absolute atomic E-state index is 12.5. The van der Waals surface area contributed by atoms with Crippen LogP contribution in [0.25, 0.3) is 0 Å². The molecule has 0 amide bonds. The Balaban J connectivity index is 2.61. The van der Waals surface area contributed by atoms with Crippen molar-refractivity contribution in [3.05, 3.63) is 59.2 Å². The van der Waals surface area contributed by atoms with Gasteiger partial charge in [0.05, 0.1) is 19.8 Å². The normalized spacial score (nSPS) is 10.0. The maximum atomic E-state index is 12.5. The third-order valence-electron chi connectivity index (χ3n) is 3.03. The Labute approximate surface area is 121 Å². The number of carbonyl (C=O) groups excluding carboxylic acids is 1. The van der Waals surface area contributed by atoms with Gasteiger partial charge in [-0.3, -0.25) is 4.79 Å². The molecule has 0 spiro atoms. The van der Waals surface area contributed by atoms with Crippen molar-refractivity contribution in [1.29, 1.82) is 0 Å². The standard InChI is InChI=1S/C16H14O5/c1-20-13-8-11(12(16(18)19)9-14(13)21-2)15(17)10-6-4-3-5-7-10/h3-9H,1-2H3,(H,18,19). The molecule has 21 heavy (non-hydrogen) atoms. The van der Waals surface area contributed by atoms with Gasteiger partial charge >= 0.3 is 5.97 Å². The van der Waals surface area contributed by atoms with E-state index in [9.17, 15) is 14.7 Å². The van der Waals surface area contributed by atoms with Crippen LogP contribution in [0, 0.1) is 0 Å². The predicted octanol–water partition coefficient (Wildman–Crippen LogP) is 2.63. The van der Waals surface area contributed by atoms with Crippen LogP contribution in [0.1, 0.15) is 26.3 Å². The first-order chi connectivity index (χ1) is 10.1. The van der Waals surface area contributed by atoms with Crippen LogP contribution >= 0.6 is 0 Å². The van der Waals surface area contributed by atoms with Crippen molar-refractivity contribution in [2.75, 3.05) is 14.2 Å². The van der Waals surface area contributed by atoms with Crippen molar-refractivity contribution in [3.63, 3.8) is 0 Å². The number of methoxy groups -OCH3 is 2. The average Bonchev–Trinajstić information content (AvgIpc) is 2.53. The van der Waals surface area contributed by atoms with Crippen LogP contribution in [0.3, 0.4) is 0 Å². The first-order valence-electron chi connectivity index (χ1n) is 6.17. The highest BCUT2D eigenvalue weighted by Crippen LogP contribution is 2.31. The third-order valence-corrected chi connectivity index (χ3v) is 3.03. The quantitative estimate of drug-likeness (QED) is 0.855. The number of aromatic carboxylic acids is 1. The zero-order chi connectivity index (χ0) is 15.4. The summed E-state index contributed by atoms with van der Waals surface area (Å²) in [6, 6.07) is 11.1. The van der Waals surface area contributed by atoms with Crippen molar-refractivity contribution in [1.82, 2.24) is 0 Å². The lowest BCUT2D eigenvalue weighted by atomic mass is 9.97. The van der Waals surface area contributed by atoms with Gasteiger partial charge < -0.3 is 14.6 Å². The van der Waals surface area contributed by atoms with E-state index in [0.717, 1.165) is 0 Å². The van der Waals surface area contributed by atoms with E-state index >= 15 is 0 Å². The van der Waals surface area contributed by atoms with E-state index < -0.39 is 5.97 Å². The molecule has 0 unspecified atom stereocenters. The molecule has 108 valence electrons. The summed E-state index contributed by atoms with van der Waals surface area (Å²) in [7, 11) is 2.83. The van der Waals surface area contributed by atoms with Gasteiger partial charge in [0.2, 0.25) is 0 Å². The van der Waals surface area contributed by atoms with Crippen LogP contribution in [0.5, 0.6) is 11.5 Å². The Hall–Kier alpha value is -2.82. The fourth-order valence-electron chi connectivity index (χ4n) is 1.99. The lowest BCUT2D eigenvalue weighted by Crippen LogP contribution is -2.11. The molecule has 0 bridgehead atoms. The van der Waals surface area contributed by atoms with E-state index in [-0.39, 0.29) is 22.7 Å². The molecule has 5 nitrogen and oxygen atoms in total. The van der Waals surface area contributed by atoms with Crippen molar-refractivity contribution in [2.45, 2.75) is 0 Å². The van der Waals surface area contributed by atoms with Gasteiger partial charge in [-0.1, -0.05) is 30.3 Å². The minimum Gasteiger partial charge on any atom is -0.493 e. The first kappa shape index (κ1) is 14.6. The Bertz CT molecular complexity index is 677. The highest BCUT2D eigenvalue weighted by Gasteiger charge is 2.21. The van der Waals surface area contributed by atoms with Crippen LogP contribution in [0.4, 0.5) is 0 Å². The number of hydrogen-bond donors (Lipinski definition) is 1. The molecule has 0 heterocycles. The van der Waals surface area contributed by atoms with Gasteiger partial charge in [0.15, 0.2) is 17.3 Å². The Morgan fingerprint density at radius 2 is 1.43 bits per heavy atom. The summed E-state index contributed by atoms with van der Waals surface area (Å²) in [5.41, 5.74) is 0.347. The molecule has 2 aromatic rings. The Morgan fingerprint density at radius 3 is 1.90 bits per heavy atom. The average molecular weight is 286 g/mol. The molecule has 5 heteroatoms. The molecule has 0 aliphatic heterocycles. The minimum absolute atomic E-state index is 0.0614. The van der Waals surface area contributed by atoms with Crippen LogP contribution < -0.4 is 9.47 Å². The van der Waals surface area contributed by atoms with Crippen LogP contribution in [-0.4, -0.2) is 31.1 Å². The smallest absolute Gasteiger partial charge is 0.336 e. The molecule has 0 aromatic heterocycles. The summed E-state index contributed by atoms with van der Waals surface area (Å²) < 4.78 is 10.2. The summed E-state index contributed by atoms with van der Waals surface area (Å²) >= 11 is 0. The monoisotopic (exact) mass is 286 g/mol. The van der Waals surface area contributed by atoms with Gasteiger partial charge in [0.25, 0.3) is 0 Å². The highest BCUT2D eigenvalue weighted by atomic mass is 16.5. The molecule has 2 rings (SSSR count). The molecular formula is C16H14O5. The van der Waals surface area contributed by atoms with Gasteiger partial charge in [-0.2, -0.15) is 0 Å². The molecule has 1 N–H and O–H groups in total. The predicted molar refractivity (Wildman–Crippen MR) is 76.4 cm³/mol. The lowest BCUT2D eigenvalue weighted by Gasteiger charge is -2.12. The summed E-state index contributed by atoms with van der Waals surface area (Å²) in [5.74, 6) is -1.01. The number of ketones is 1. The molecule has 0 saturated carbocycles. The Morgan fingerprint density at radius 1 is 0.905 bits per heavy atom. The van der Waals surface area contributed by atoms with E-state index in [1.165, 1.54) is 26.4 Å². The SMILES string of the molecule is COc1cc(C(=O)O)c(C(=O)c2ccccc2)cc1OC. The van der Waals surface area contributed by atoms with E-state index in [4.69, 9.17) is 9.47 Å². The summed E-state index contributed by atoms with van der Waals surface area (Å²) in [6.07, 6.45) is 0. The van der Waals surface area contributed by atoms with Gasteiger partial charge in [-0.25, -0.2) is 4.79 Å². The van der Waals surface area contributed by atoms with E-state index in [2.05, 4.69) is 0 Å². The maximum Gasteiger partial charge on any atom is 0.336 e. The number of benzene rings is 2. The third kappa shape index (κ3) is 2.86. The fourth-order valence-corrected chi connectivity index (χ4v) is 1.99. The number of hydrogen-bond acceptors (Lipinski definition) is 4. The van der Waals surface area contributed by atoms with Crippen LogP contribution in [-0.2, 0) is 0 Å². The van der Waals surface area contributed by atoms with Crippen molar-refractivity contribution in [3.8, 4) is 11.5 Å². The molecule has 2 aromatic carbocycles. The molecule has 0 radical (unpaired) electrons. The van der Waals surface area contributed by atoms with Gasteiger partial charge in [0, 0.05) is 11.1 Å². The number of carboxylic acid groups (broad SMARTS) is 1. The molecule has 0 fully saturated rings. The second kappa shape index (κ2) is 6.09. The largest absolute Gasteiger partial charge is 0.493 e. The van der Waals surface area contributed by atoms with E-state index in [0.29, 0.717) is 11.3 Å². The minimum atomic E-state index is -1.20. The van der Waals surface area contributed by atoms with Crippen LogP contribution in [0.2, 0.25) is 0 Å². The molecule has 0 aliphatic carbocycles. The molecule has 0 atom stereocenters. The summed E-state index contributed by atoms with van der Waals surface area (Å²) in [4.78, 5) is 23.9. The van der Waals surface area contributed by atoms with Gasteiger partial charge in [-0.15, -0.1) is 0 Å². The topological polar surface area (TPSA) is 72.8 Å². The molecular weight excluding hydrogens is 272 g/mol.